The summed E-state index contributed by atoms with van der Waals surface area (Å²) in [6.07, 6.45) is 0.763. The largest absolute Gasteiger partial charge is 0.507 e. The number of hydrogen-bond donors (Lipinski definition) is 2. The second-order valence-corrected chi connectivity index (χ2v) is 9.67. The Hall–Kier alpha value is -3.56. The second kappa shape index (κ2) is 10.4. The van der Waals surface area contributed by atoms with Gasteiger partial charge in [0, 0.05) is 12.0 Å². The van der Waals surface area contributed by atoms with Crippen LogP contribution in [0.15, 0.2) is 42.0 Å². The number of amides is 1. The number of nitrogens with one attached hydrogen (secondary N) is 1. The zero-order chi connectivity index (χ0) is 26.1. The van der Waals surface area contributed by atoms with Crippen LogP contribution in [0.3, 0.4) is 0 Å². The van der Waals surface area contributed by atoms with Crippen molar-refractivity contribution in [3.05, 3.63) is 58.7 Å². The molecule has 0 spiro atoms. The topological polar surface area (TPSA) is 99.0 Å². The number of aliphatic hydroxyl groups is 1. The number of ether oxygens (including phenoxy) is 4. The highest BCUT2D eigenvalue weighted by atomic mass is 16.5. The number of nitrogens with zero attached hydrogens (tertiary/aromatic N) is 1. The lowest BCUT2D eigenvalue weighted by Gasteiger charge is -2.29. The number of Topliss-reactive ketones (excluding diaryl/α,β-unsaturated/α-hetero) is 1. The quantitative estimate of drug-likeness (QED) is 0.330. The molecule has 2 N–H and O–H groups in total. The molecule has 9 nitrogen and oxygen atoms in total. The monoisotopic (exact) mass is 509 g/mol. The van der Waals surface area contributed by atoms with Crippen molar-refractivity contribution in [3.63, 3.8) is 0 Å². The summed E-state index contributed by atoms with van der Waals surface area (Å²) in [4.78, 5) is 29.6. The summed E-state index contributed by atoms with van der Waals surface area (Å²) in [5, 5.41) is 11.5. The van der Waals surface area contributed by atoms with Gasteiger partial charge in [0.15, 0.2) is 11.5 Å². The third-order valence-electron chi connectivity index (χ3n) is 7.34. The molecular weight excluding hydrogens is 476 g/mol. The number of carbonyl (C=O) groups excluding carboxylic acids is 2. The Morgan fingerprint density at radius 3 is 2.57 bits per heavy atom. The van der Waals surface area contributed by atoms with E-state index in [1.807, 2.05) is 13.0 Å². The molecule has 196 valence electrons. The highest BCUT2D eigenvalue weighted by Crippen LogP contribution is 2.42. The third kappa shape index (κ3) is 4.76. The van der Waals surface area contributed by atoms with Crippen LogP contribution in [0.25, 0.3) is 5.76 Å². The second-order valence-electron chi connectivity index (χ2n) is 9.67. The molecule has 5 rings (SSSR count). The van der Waals surface area contributed by atoms with E-state index in [1.165, 1.54) is 12.0 Å². The van der Waals surface area contributed by atoms with Gasteiger partial charge in [-0.2, -0.15) is 0 Å². The Balaban J connectivity index is 1.56. The number of aliphatic hydroxyl groups excluding tert-OH is 1. The van der Waals surface area contributed by atoms with Gasteiger partial charge in [-0.3, -0.25) is 9.59 Å². The molecule has 0 saturated carbocycles. The summed E-state index contributed by atoms with van der Waals surface area (Å²) in [6.45, 7) is 6.07. The lowest BCUT2D eigenvalue weighted by atomic mass is 9.94. The number of likely N-dealkylation sites (tertiary alicyclic amines) is 1. The first kappa shape index (κ1) is 25.1. The van der Waals surface area contributed by atoms with Crippen LogP contribution in [0, 0.1) is 0 Å². The summed E-state index contributed by atoms with van der Waals surface area (Å²) in [5.74, 6) is 0.282. The normalized spacial score (nSPS) is 23.2. The summed E-state index contributed by atoms with van der Waals surface area (Å²) >= 11 is 0. The number of methoxy groups -OCH3 is 2. The number of ketones is 1. The Morgan fingerprint density at radius 2 is 1.84 bits per heavy atom. The molecule has 9 heteroatoms. The van der Waals surface area contributed by atoms with E-state index in [2.05, 4.69) is 0 Å². The van der Waals surface area contributed by atoms with E-state index in [-0.39, 0.29) is 17.4 Å². The molecule has 0 aromatic heterocycles. The summed E-state index contributed by atoms with van der Waals surface area (Å²) < 4.78 is 22.1. The number of morpholine rings is 1. The molecule has 2 fully saturated rings. The van der Waals surface area contributed by atoms with Gasteiger partial charge in [0.05, 0.1) is 52.1 Å². The standard InChI is InChI=1S/C28H32N2O7/c1-17-14-20-15-19(5-6-21(20)37-17)26(31)24-25(18-4-7-22(34-2)23(16-18)35-3)30(28(33)27(24)32)9-8-29-10-12-36-13-11-29/h4-7,15-17,25,31H,8-14H2,1-3H3/p+1/t17-,25+/m0/s1. The number of benzene rings is 2. The van der Waals surface area contributed by atoms with Crippen LogP contribution in [0.5, 0.6) is 17.2 Å². The molecule has 2 aromatic carbocycles. The van der Waals surface area contributed by atoms with Crippen LogP contribution in [-0.4, -0.2) is 81.4 Å². The van der Waals surface area contributed by atoms with Crippen LogP contribution < -0.4 is 19.1 Å². The van der Waals surface area contributed by atoms with Gasteiger partial charge in [0.25, 0.3) is 11.7 Å². The highest BCUT2D eigenvalue weighted by Gasteiger charge is 2.46. The molecule has 3 heterocycles. The van der Waals surface area contributed by atoms with Crippen molar-refractivity contribution < 1.29 is 38.5 Å². The fraction of sp³-hybridized carbons (Fsp3) is 0.429. The smallest absolute Gasteiger partial charge is 0.295 e. The number of rotatable bonds is 7. The van der Waals surface area contributed by atoms with Crippen LogP contribution >= 0.6 is 0 Å². The van der Waals surface area contributed by atoms with Gasteiger partial charge in [0.1, 0.15) is 30.7 Å². The first-order chi connectivity index (χ1) is 17.9. The molecule has 2 atom stereocenters. The first-order valence-corrected chi connectivity index (χ1v) is 12.6. The SMILES string of the molecule is COc1ccc([C@@H]2C(=C(O)c3ccc4c(c3)C[C@H](C)O4)C(=O)C(=O)N2CC[NH+]2CCOCC2)cc1OC. The molecule has 1 amide bonds. The van der Waals surface area contributed by atoms with Crippen molar-refractivity contribution in [1.82, 2.24) is 4.90 Å². The predicted molar refractivity (Wildman–Crippen MR) is 135 cm³/mol. The minimum atomic E-state index is -0.760. The van der Waals surface area contributed by atoms with E-state index < -0.39 is 17.7 Å². The van der Waals surface area contributed by atoms with E-state index in [9.17, 15) is 14.7 Å². The minimum Gasteiger partial charge on any atom is -0.507 e. The van der Waals surface area contributed by atoms with Crippen molar-refractivity contribution in [2.24, 2.45) is 0 Å². The summed E-state index contributed by atoms with van der Waals surface area (Å²) in [6, 6.07) is 9.91. The fourth-order valence-electron chi connectivity index (χ4n) is 5.39. The molecule has 2 aromatic rings. The maximum Gasteiger partial charge on any atom is 0.295 e. The van der Waals surface area contributed by atoms with E-state index in [0.717, 1.165) is 24.4 Å². The number of carbonyl (C=O) groups is 2. The van der Waals surface area contributed by atoms with Gasteiger partial charge >= 0.3 is 0 Å². The van der Waals surface area contributed by atoms with E-state index in [0.29, 0.717) is 55.4 Å². The van der Waals surface area contributed by atoms with Crippen LogP contribution in [0.1, 0.15) is 29.7 Å². The minimum absolute atomic E-state index is 0.0485. The lowest BCUT2D eigenvalue weighted by molar-refractivity contribution is -0.907. The average Bonchev–Trinajstić information content (AvgIpc) is 3.42. The number of fused-ring (bicyclic) bond motifs is 1. The van der Waals surface area contributed by atoms with Crippen LogP contribution in [0.2, 0.25) is 0 Å². The van der Waals surface area contributed by atoms with Crippen molar-refractivity contribution in [3.8, 4) is 17.2 Å². The molecule has 37 heavy (non-hydrogen) atoms. The number of hydrogen-bond acceptors (Lipinski definition) is 7. The first-order valence-electron chi connectivity index (χ1n) is 12.6. The maximum absolute atomic E-state index is 13.4. The van der Waals surface area contributed by atoms with E-state index >= 15 is 0 Å². The zero-order valence-electron chi connectivity index (χ0n) is 21.4. The van der Waals surface area contributed by atoms with E-state index in [4.69, 9.17) is 18.9 Å². The van der Waals surface area contributed by atoms with Crippen molar-refractivity contribution in [1.29, 1.82) is 0 Å². The predicted octanol–water partition coefficient (Wildman–Crippen LogP) is 1.36. The van der Waals surface area contributed by atoms with Crippen molar-refractivity contribution in [2.75, 3.05) is 53.6 Å². The van der Waals surface area contributed by atoms with E-state index in [1.54, 1.807) is 42.3 Å². The summed E-state index contributed by atoms with van der Waals surface area (Å²) in [5.41, 5.74) is 2.18. The van der Waals surface area contributed by atoms with Crippen molar-refractivity contribution in [2.45, 2.75) is 25.5 Å². The maximum atomic E-state index is 13.4. The van der Waals surface area contributed by atoms with Gasteiger partial charge in [-0.05, 0) is 48.4 Å². The molecule has 0 radical (unpaired) electrons. The Bertz CT molecular complexity index is 1240. The fourth-order valence-corrected chi connectivity index (χ4v) is 5.39. The molecular formula is C28H33N2O7+. The number of quaternary nitrogens is 1. The Labute approximate surface area is 216 Å². The van der Waals surface area contributed by atoms with Gasteiger partial charge in [-0.15, -0.1) is 0 Å². The lowest BCUT2D eigenvalue weighted by Crippen LogP contribution is -3.14. The van der Waals surface area contributed by atoms with Gasteiger partial charge in [-0.1, -0.05) is 6.07 Å². The zero-order valence-corrected chi connectivity index (χ0v) is 21.4. The molecule has 0 aliphatic carbocycles. The Kier molecular flexibility index (Phi) is 7.08. The van der Waals surface area contributed by atoms with Crippen LogP contribution in [0.4, 0.5) is 0 Å². The third-order valence-corrected chi connectivity index (χ3v) is 7.34. The van der Waals surface area contributed by atoms with Gasteiger partial charge < -0.3 is 33.9 Å². The molecule has 0 bridgehead atoms. The molecule has 2 saturated heterocycles. The molecule has 3 aliphatic heterocycles. The molecule has 0 unspecified atom stereocenters. The highest BCUT2D eigenvalue weighted by molar-refractivity contribution is 6.46. The van der Waals surface area contributed by atoms with Crippen molar-refractivity contribution >= 4 is 17.4 Å². The Morgan fingerprint density at radius 1 is 1.08 bits per heavy atom. The summed E-state index contributed by atoms with van der Waals surface area (Å²) in [7, 11) is 3.08. The van der Waals surface area contributed by atoms with Crippen LogP contribution in [-0.2, 0) is 20.7 Å². The molecule has 3 aliphatic rings. The van der Waals surface area contributed by atoms with Gasteiger partial charge in [-0.25, -0.2) is 0 Å². The average molecular weight is 510 g/mol. The van der Waals surface area contributed by atoms with Gasteiger partial charge in [0.2, 0.25) is 0 Å².